The van der Waals surface area contributed by atoms with E-state index in [2.05, 4.69) is 26.9 Å². The van der Waals surface area contributed by atoms with Crippen LogP contribution in [-0.4, -0.2) is 65.5 Å². The first kappa shape index (κ1) is 24.8. The Kier molecular flexibility index (Phi) is 6.61. The summed E-state index contributed by atoms with van der Waals surface area (Å²) < 4.78 is 22.0. The number of carbonyl (C=O) groups excluding carboxylic acids is 1. The van der Waals surface area contributed by atoms with Gasteiger partial charge < -0.3 is 19.1 Å². The lowest BCUT2D eigenvalue weighted by atomic mass is 9.73. The van der Waals surface area contributed by atoms with E-state index < -0.39 is 5.82 Å². The van der Waals surface area contributed by atoms with Gasteiger partial charge in [-0.1, -0.05) is 12.1 Å². The van der Waals surface area contributed by atoms with Gasteiger partial charge in [0, 0.05) is 52.7 Å². The number of anilines is 1. The van der Waals surface area contributed by atoms with Crippen LogP contribution in [0.1, 0.15) is 34.3 Å². The second kappa shape index (κ2) is 9.87. The maximum absolute atomic E-state index is 13.9. The van der Waals surface area contributed by atoms with Crippen molar-refractivity contribution in [1.29, 1.82) is 5.26 Å². The van der Waals surface area contributed by atoms with E-state index in [1.54, 1.807) is 20.4 Å². The molecular formula is C28H31FN6O2. The molecule has 5 rings (SSSR count). The number of imidazole rings is 1. The number of nitrogens with zero attached hydrogens (tertiary/aromatic N) is 6. The number of nitriles is 1. The Morgan fingerprint density at radius 1 is 1.22 bits per heavy atom. The van der Waals surface area contributed by atoms with Gasteiger partial charge in [0.2, 0.25) is 0 Å². The molecule has 192 valence electrons. The Balaban J connectivity index is 1.30. The summed E-state index contributed by atoms with van der Waals surface area (Å²) in [6.45, 7) is 4.64. The molecule has 0 radical (unpaired) electrons. The zero-order chi connectivity index (χ0) is 26.2. The largest absolute Gasteiger partial charge is 0.435 e. The molecule has 8 nitrogen and oxygen atoms in total. The third kappa shape index (κ3) is 5.02. The highest BCUT2D eigenvalue weighted by Crippen LogP contribution is 2.44. The minimum absolute atomic E-state index is 0.157. The third-order valence-corrected chi connectivity index (χ3v) is 7.21. The summed E-state index contributed by atoms with van der Waals surface area (Å²) in [7, 11) is 5.17. The molecule has 2 aromatic carbocycles. The monoisotopic (exact) mass is 502 g/mol. The van der Waals surface area contributed by atoms with E-state index >= 15 is 0 Å². The molecule has 2 saturated heterocycles. The number of amides is 1. The van der Waals surface area contributed by atoms with Crippen molar-refractivity contribution in [3.63, 3.8) is 0 Å². The van der Waals surface area contributed by atoms with Gasteiger partial charge in [0.05, 0.1) is 17.2 Å². The first-order valence-electron chi connectivity index (χ1n) is 12.4. The first-order valence-corrected chi connectivity index (χ1v) is 12.4. The van der Waals surface area contributed by atoms with Crippen molar-refractivity contribution in [2.24, 2.45) is 12.5 Å². The highest BCUT2D eigenvalue weighted by molar-refractivity contribution is 5.96. The summed E-state index contributed by atoms with van der Waals surface area (Å²) >= 11 is 0. The summed E-state index contributed by atoms with van der Waals surface area (Å²) in [6, 6.07) is 14.0. The number of aryl methyl sites for hydroxylation is 1. The summed E-state index contributed by atoms with van der Waals surface area (Å²) in [5.41, 5.74) is 2.20. The summed E-state index contributed by atoms with van der Waals surface area (Å²) in [5.74, 6) is 0.690. The van der Waals surface area contributed by atoms with E-state index in [-0.39, 0.29) is 22.6 Å². The van der Waals surface area contributed by atoms with Crippen LogP contribution in [-0.2, 0) is 13.6 Å². The van der Waals surface area contributed by atoms with E-state index in [0.717, 1.165) is 56.9 Å². The van der Waals surface area contributed by atoms with Gasteiger partial charge in [-0.3, -0.25) is 9.69 Å². The molecular weight excluding hydrogens is 471 g/mol. The molecule has 9 heteroatoms. The third-order valence-electron chi connectivity index (χ3n) is 7.21. The number of ether oxygens (including phenoxy) is 1. The number of halogens is 1. The number of aromatic nitrogens is 2. The standard InChI is InChI=1S/C28H31FN6O2/c1-32(2)27(36)23-13-22(29)8-9-24(23)37-25-26(33(3)19-31-25)35-17-28(18-35)10-5-11-34(16-28)15-21-7-4-6-20(12-21)14-30/h4,6-9,12-13,19H,5,10-11,15-18H2,1-3H3. The number of hydrogen-bond acceptors (Lipinski definition) is 6. The molecule has 2 fully saturated rings. The van der Waals surface area contributed by atoms with Crippen LogP contribution in [0.4, 0.5) is 10.2 Å². The molecule has 0 atom stereocenters. The summed E-state index contributed by atoms with van der Waals surface area (Å²) in [5, 5.41) is 9.21. The van der Waals surface area contributed by atoms with Crippen LogP contribution in [0.3, 0.4) is 0 Å². The van der Waals surface area contributed by atoms with E-state index in [1.165, 1.54) is 23.1 Å². The van der Waals surface area contributed by atoms with Gasteiger partial charge in [-0.2, -0.15) is 5.26 Å². The van der Waals surface area contributed by atoms with E-state index in [0.29, 0.717) is 11.4 Å². The Morgan fingerprint density at radius 3 is 2.78 bits per heavy atom. The molecule has 37 heavy (non-hydrogen) atoms. The average molecular weight is 503 g/mol. The second-order valence-corrected chi connectivity index (χ2v) is 10.4. The Labute approximate surface area is 216 Å². The fraction of sp³-hybridized carbons (Fsp3) is 0.393. The Morgan fingerprint density at radius 2 is 2.03 bits per heavy atom. The van der Waals surface area contributed by atoms with Gasteiger partial charge in [-0.15, -0.1) is 0 Å². The van der Waals surface area contributed by atoms with Gasteiger partial charge in [-0.05, 0) is 55.3 Å². The number of piperidine rings is 1. The van der Waals surface area contributed by atoms with Crippen LogP contribution >= 0.6 is 0 Å². The van der Waals surface area contributed by atoms with Crippen molar-refractivity contribution in [2.45, 2.75) is 19.4 Å². The Bertz CT molecular complexity index is 1350. The number of rotatable bonds is 6. The van der Waals surface area contributed by atoms with Crippen molar-refractivity contribution in [2.75, 3.05) is 45.2 Å². The molecule has 1 aromatic heterocycles. The van der Waals surface area contributed by atoms with Crippen molar-refractivity contribution in [1.82, 2.24) is 19.4 Å². The SMILES string of the molecule is CN(C)C(=O)c1cc(F)ccc1Oc1ncn(C)c1N1CC2(CCCN(Cc3cccc(C#N)c3)C2)C1. The Hall–Kier alpha value is -3.90. The highest BCUT2D eigenvalue weighted by atomic mass is 19.1. The molecule has 3 aromatic rings. The van der Waals surface area contributed by atoms with Crippen LogP contribution in [0.25, 0.3) is 0 Å². The average Bonchev–Trinajstić information content (AvgIpc) is 3.22. The smallest absolute Gasteiger partial charge is 0.262 e. The van der Waals surface area contributed by atoms with Crippen molar-refractivity contribution < 1.29 is 13.9 Å². The van der Waals surface area contributed by atoms with Crippen molar-refractivity contribution in [3.05, 3.63) is 71.3 Å². The second-order valence-electron chi connectivity index (χ2n) is 10.4. The quantitative estimate of drug-likeness (QED) is 0.507. The molecule has 1 amide bonds. The predicted octanol–water partition coefficient (Wildman–Crippen LogP) is 4.03. The fourth-order valence-corrected chi connectivity index (χ4v) is 5.55. The maximum Gasteiger partial charge on any atom is 0.262 e. The van der Waals surface area contributed by atoms with Crippen molar-refractivity contribution in [3.8, 4) is 17.7 Å². The van der Waals surface area contributed by atoms with Gasteiger partial charge in [0.25, 0.3) is 11.8 Å². The normalized spacial score (nSPS) is 16.8. The summed E-state index contributed by atoms with van der Waals surface area (Å²) in [4.78, 5) is 23.2. The predicted molar refractivity (Wildman–Crippen MR) is 138 cm³/mol. The molecule has 0 bridgehead atoms. The zero-order valence-corrected chi connectivity index (χ0v) is 21.4. The van der Waals surface area contributed by atoms with Crippen molar-refractivity contribution >= 4 is 11.7 Å². The molecule has 2 aliphatic heterocycles. The van der Waals surface area contributed by atoms with Crippen LogP contribution < -0.4 is 9.64 Å². The number of carbonyl (C=O) groups is 1. The zero-order valence-electron chi connectivity index (χ0n) is 21.4. The molecule has 1 spiro atoms. The summed E-state index contributed by atoms with van der Waals surface area (Å²) in [6.07, 6.45) is 3.99. The van der Waals surface area contributed by atoms with E-state index in [9.17, 15) is 14.4 Å². The fourth-order valence-electron chi connectivity index (χ4n) is 5.55. The highest BCUT2D eigenvalue weighted by Gasteiger charge is 2.47. The van der Waals surface area contributed by atoms with Gasteiger partial charge in [0.1, 0.15) is 17.9 Å². The lowest BCUT2D eigenvalue weighted by molar-refractivity contribution is 0.0562. The number of hydrogen-bond donors (Lipinski definition) is 0. The molecule has 0 N–H and O–H groups in total. The molecule has 2 aliphatic rings. The molecule has 0 unspecified atom stereocenters. The molecule has 0 aliphatic carbocycles. The minimum atomic E-state index is -0.496. The van der Waals surface area contributed by atoms with Crippen LogP contribution in [0.15, 0.2) is 48.8 Å². The minimum Gasteiger partial charge on any atom is -0.435 e. The van der Waals surface area contributed by atoms with Crippen LogP contribution in [0.2, 0.25) is 0 Å². The van der Waals surface area contributed by atoms with Crippen LogP contribution in [0.5, 0.6) is 11.6 Å². The van der Waals surface area contributed by atoms with Crippen LogP contribution in [0, 0.1) is 22.6 Å². The number of benzene rings is 2. The van der Waals surface area contributed by atoms with Gasteiger partial charge in [-0.25, -0.2) is 9.37 Å². The van der Waals surface area contributed by atoms with E-state index in [1.807, 2.05) is 29.8 Å². The maximum atomic E-state index is 13.9. The van der Waals surface area contributed by atoms with Gasteiger partial charge in [0.15, 0.2) is 5.82 Å². The number of likely N-dealkylation sites (tertiary alicyclic amines) is 1. The lowest BCUT2D eigenvalue weighted by Crippen LogP contribution is -2.63. The van der Waals surface area contributed by atoms with Gasteiger partial charge >= 0.3 is 0 Å². The molecule has 3 heterocycles. The first-order chi connectivity index (χ1) is 17.8. The van der Waals surface area contributed by atoms with E-state index in [4.69, 9.17) is 4.74 Å². The lowest BCUT2D eigenvalue weighted by Gasteiger charge is -2.55. The topological polar surface area (TPSA) is 77.6 Å². The molecule has 0 saturated carbocycles.